The van der Waals surface area contributed by atoms with Gasteiger partial charge in [-0.2, -0.15) is 0 Å². The summed E-state index contributed by atoms with van der Waals surface area (Å²) in [5.41, 5.74) is 0. The minimum atomic E-state index is 0. The summed E-state index contributed by atoms with van der Waals surface area (Å²) in [5.74, 6) is 0.987. The van der Waals surface area contributed by atoms with E-state index >= 15 is 0 Å². The number of unbranched alkanes of at least 4 members (excludes halogenated alkanes) is 1. The SMILES string of the molecule is CN(C)CCCCOc1cccc(O)c1.Cl. The quantitative estimate of drug-likeness (QED) is 0.782. The summed E-state index contributed by atoms with van der Waals surface area (Å²) in [7, 11) is 4.13. The summed E-state index contributed by atoms with van der Waals surface area (Å²) >= 11 is 0. The van der Waals surface area contributed by atoms with Crippen molar-refractivity contribution in [1.29, 1.82) is 0 Å². The third-order valence-electron chi connectivity index (χ3n) is 2.09. The highest BCUT2D eigenvalue weighted by Gasteiger charge is 1.95. The molecule has 0 spiro atoms. The van der Waals surface area contributed by atoms with Gasteiger partial charge in [-0.25, -0.2) is 0 Å². The fraction of sp³-hybridized carbons (Fsp3) is 0.500. The van der Waals surface area contributed by atoms with E-state index in [1.54, 1.807) is 18.2 Å². The van der Waals surface area contributed by atoms with Gasteiger partial charge in [0.25, 0.3) is 0 Å². The lowest BCUT2D eigenvalue weighted by Crippen LogP contribution is -2.13. The molecule has 1 aromatic rings. The van der Waals surface area contributed by atoms with Crippen LogP contribution in [0.15, 0.2) is 24.3 Å². The van der Waals surface area contributed by atoms with Gasteiger partial charge in [-0.3, -0.25) is 0 Å². The summed E-state index contributed by atoms with van der Waals surface area (Å²) in [5, 5.41) is 9.20. The molecule has 1 N–H and O–H groups in total. The van der Waals surface area contributed by atoms with E-state index in [9.17, 15) is 5.11 Å². The Morgan fingerprint density at radius 3 is 2.62 bits per heavy atom. The number of phenols is 1. The molecule has 0 radical (unpaired) electrons. The Morgan fingerprint density at radius 2 is 2.00 bits per heavy atom. The van der Waals surface area contributed by atoms with E-state index < -0.39 is 0 Å². The average Bonchev–Trinajstić information content (AvgIpc) is 2.17. The molecular weight excluding hydrogens is 226 g/mol. The first-order valence-electron chi connectivity index (χ1n) is 5.25. The highest BCUT2D eigenvalue weighted by Crippen LogP contribution is 2.17. The minimum absolute atomic E-state index is 0. The molecule has 0 bridgehead atoms. The second-order valence-corrected chi connectivity index (χ2v) is 3.86. The molecule has 0 aliphatic rings. The van der Waals surface area contributed by atoms with Crippen LogP contribution in [-0.2, 0) is 0 Å². The van der Waals surface area contributed by atoms with Crippen molar-refractivity contribution in [2.24, 2.45) is 0 Å². The van der Waals surface area contributed by atoms with Crippen molar-refractivity contribution in [1.82, 2.24) is 4.90 Å². The van der Waals surface area contributed by atoms with Gasteiger partial charge in [-0.05, 0) is 45.6 Å². The predicted molar refractivity (Wildman–Crippen MR) is 68.6 cm³/mol. The number of hydrogen-bond acceptors (Lipinski definition) is 3. The van der Waals surface area contributed by atoms with Crippen LogP contribution in [0.4, 0.5) is 0 Å². The van der Waals surface area contributed by atoms with Gasteiger partial charge in [-0.15, -0.1) is 12.4 Å². The second kappa shape index (κ2) is 8.25. The topological polar surface area (TPSA) is 32.7 Å². The van der Waals surface area contributed by atoms with Crippen LogP contribution in [0.25, 0.3) is 0 Å². The van der Waals surface area contributed by atoms with Gasteiger partial charge >= 0.3 is 0 Å². The number of aromatic hydroxyl groups is 1. The summed E-state index contributed by atoms with van der Waals surface area (Å²) in [6.07, 6.45) is 2.17. The number of nitrogens with zero attached hydrogens (tertiary/aromatic N) is 1. The van der Waals surface area contributed by atoms with Crippen LogP contribution in [0.1, 0.15) is 12.8 Å². The van der Waals surface area contributed by atoms with Gasteiger partial charge in [0.05, 0.1) is 6.61 Å². The molecule has 0 saturated carbocycles. The standard InChI is InChI=1S/C12H19NO2.ClH/c1-13(2)8-3-4-9-15-12-7-5-6-11(14)10-12;/h5-7,10,14H,3-4,8-9H2,1-2H3;1H. The van der Waals surface area contributed by atoms with Gasteiger partial charge in [0.1, 0.15) is 11.5 Å². The molecular formula is C12H20ClNO2. The Bertz CT molecular complexity index is 292. The average molecular weight is 246 g/mol. The Hall–Kier alpha value is -0.930. The molecule has 1 aromatic carbocycles. The van der Waals surface area contributed by atoms with Gasteiger partial charge in [0.2, 0.25) is 0 Å². The van der Waals surface area contributed by atoms with Crippen molar-refractivity contribution in [3.8, 4) is 11.5 Å². The molecule has 3 nitrogen and oxygen atoms in total. The molecule has 0 atom stereocenters. The van der Waals surface area contributed by atoms with Crippen LogP contribution in [0, 0.1) is 0 Å². The predicted octanol–water partition coefficient (Wildman–Crippen LogP) is 2.53. The lowest BCUT2D eigenvalue weighted by atomic mass is 10.3. The number of benzene rings is 1. The molecule has 0 aliphatic carbocycles. The second-order valence-electron chi connectivity index (χ2n) is 3.86. The van der Waals surface area contributed by atoms with Crippen LogP contribution < -0.4 is 4.74 Å². The minimum Gasteiger partial charge on any atom is -0.508 e. The first kappa shape index (κ1) is 15.1. The third-order valence-corrected chi connectivity index (χ3v) is 2.09. The summed E-state index contributed by atoms with van der Waals surface area (Å²) < 4.78 is 5.49. The van der Waals surface area contributed by atoms with E-state index in [2.05, 4.69) is 19.0 Å². The first-order valence-corrected chi connectivity index (χ1v) is 5.25. The van der Waals surface area contributed by atoms with Crippen LogP contribution in [-0.4, -0.2) is 37.3 Å². The molecule has 0 heterocycles. The Balaban J connectivity index is 0.00000225. The number of hydrogen-bond donors (Lipinski definition) is 1. The lowest BCUT2D eigenvalue weighted by molar-refractivity contribution is 0.292. The number of phenolic OH excluding ortho intramolecular Hbond substituents is 1. The summed E-state index contributed by atoms with van der Waals surface area (Å²) in [6, 6.07) is 6.90. The number of halogens is 1. The fourth-order valence-corrected chi connectivity index (χ4v) is 1.29. The zero-order valence-electron chi connectivity index (χ0n) is 9.85. The Kier molecular flexibility index (Phi) is 7.77. The van der Waals surface area contributed by atoms with E-state index in [0.29, 0.717) is 6.61 Å². The highest BCUT2D eigenvalue weighted by molar-refractivity contribution is 5.85. The van der Waals surface area contributed by atoms with E-state index in [-0.39, 0.29) is 18.2 Å². The van der Waals surface area contributed by atoms with Gasteiger partial charge < -0.3 is 14.7 Å². The van der Waals surface area contributed by atoms with Crippen molar-refractivity contribution < 1.29 is 9.84 Å². The van der Waals surface area contributed by atoms with Crippen LogP contribution >= 0.6 is 12.4 Å². The molecule has 0 aliphatic heterocycles. The van der Waals surface area contributed by atoms with Crippen molar-refractivity contribution in [3.63, 3.8) is 0 Å². The molecule has 0 aromatic heterocycles. The van der Waals surface area contributed by atoms with Gasteiger partial charge in [-0.1, -0.05) is 6.07 Å². The summed E-state index contributed by atoms with van der Waals surface area (Å²) in [6.45, 7) is 1.79. The van der Waals surface area contributed by atoms with Crippen molar-refractivity contribution in [2.75, 3.05) is 27.2 Å². The lowest BCUT2D eigenvalue weighted by Gasteiger charge is -2.09. The molecule has 0 saturated heterocycles. The molecule has 0 amide bonds. The zero-order valence-corrected chi connectivity index (χ0v) is 10.7. The van der Waals surface area contributed by atoms with Gasteiger partial charge in [0.15, 0.2) is 0 Å². The molecule has 92 valence electrons. The van der Waals surface area contributed by atoms with E-state index in [1.165, 1.54) is 0 Å². The Labute approximate surface area is 103 Å². The van der Waals surface area contributed by atoms with E-state index in [4.69, 9.17) is 4.74 Å². The zero-order chi connectivity index (χ0) is 11.1. The first-order chi connectivity index (χ1) is 7.18. The van der Waals surface area contributed by atoms with Crippen molar-refractivity contribution >= 4 is 12.4 Å². The van der Waals surface area contributed by atoms with Crippen molar-refractivity contribution in [2.45, 2.75) is 12.8 Å². The fourth-order valence-electron chi connectivity index (χ4n) is 1.29. The number of rotatable bonds is 6. The largest absolute Gasteiger partial charge is 0.508 e. The van der Waals surface area contributed by atoms with E-state index in [0.717, 1.165) is 25.1 Å². The smallest absolute Gasteiger partial charge is 0.122 e. The summed E-state index contributed by atoms with van der Waals surface area (Å²) in [4.78, 5) is 2.16. The highest BCUT2D eigenvalue weighted by atomic mass is 35.5. The molecule has 0 fully saturated rings. The Morgan fingerprint density at radius 1 is 1.25 bits per heavy atom. The maximum absolute atomic E-state index is 9.20. The van der Waals surface area contributed by atoms with E-state index in [1.807, 2.05) is 6.07 Å². The van der Waals surface area contributed by atoms with Gasteiger partial charge in [0, 0.05) is 6.07 Å². The molecule has 16 heavy (non-hydrogen) atoms. The third kappa shape index (κ3) is 6.53. The van der Waals surface area contributed by atoms with Crippen LogP contribution in [0.5, 0.6) is 11.5 Å². The maximum Gasteiger partial charge on any atom is 0.122 e. The number of ether oxygens (including phenoxy) is 1. The molecule has 4 heteroatoms. The monoisotopic (exact) mass is 245 g/mol. The normalized spacial score (nSPS) is 9.94. The van der Waals surface area contributed by atoms with Crippen molar-refractivity contribution in [3.05, 3.63) is 24.3 Å². The molecule has 1 rings (SSSR count). The molecule has 0 unspecified atom stereocenters. The van der Waals surface area contributed by atoms with Crippen LogP contribution in [0.2, 0.25) is 0 Å². The van der Waals surface area contributed by atoms with Crippen LogP contribution in [0.3, 0.4) is 0 Å². The maximum atomic E-state index is 9.20.